The summed E-state index contributed by atoms with van der Waals surface area (Å²) in [4.78, 5) is 14.3. The number of anilines is 3. The lowest BCUT2D eigenvalue weighted by molar-refractivity contribution is -0.110. The zero-order valence-electron chi connectivity index (χ0n) is 15.6. The number of amides is 1. The Morgan fingerprint density at radius 3 is 2.71 bits per heavy atom. The van der Waals surface area contributed by atoms with Gasteiger partial charge in [0.05, 0.1) is 18.8 Å². The number of carbonyl (C=O) groups excluding carboxylic acids is 1. The zero-order valence-corrected chi connectivity index (χ0v) is 15.6. The molecule has 2 aromatic carbocycles. The zero-order chi connectivity index (χ0) is 19.5. The van der Waals surface area contributed by atoms with Crippen LogP contribution in [0.25, 0.3) is 5.57 Å². The molecular weight excluding hydrogens is 361 g/mol. The Labute approximate surface area is 162 Å². The largest absolute Gasteiger partial charge is 0.374 e. The van der Waals surface area contributed by atoms with Crippen LogP contribution in [0.2, 0.25) is 0 Å². The molecule has 7 heteroatoms. The van der Waals surface area contributed by atoms with Gasteiger partial charge in [0, 0.05) is 48.8 Å². The predicted octanol–water partition coefficient (Wildman–Crippen LogP) is 3.43. The molecule has 4 rings (SSSR count). The lowest BCUT2D eigenvalue weighted by atomic mass is 10.1. The van der Waals surface area contributed by atoms with E-state index in [0.717, 1.165) is 24.3 Å². The molecule has 0 aromatic heterocycles. The Kier molecular flexibility index (Phi) is 5.27. The van der Waals surface area contributed by atoms with Crippen LogP contribution in [0.4, 0.5) is 21.5 Å². The van der Waals surface area contributed by atoms with Gasteiger partial charge in [-0.3, -0.25) is 4.79 Å². The lowest BCUT2D eigenvalue weighted by Crippen LogP contribution is -2.23. The Bertz CT molecular complexity index is 892. The van der Waals surface area contributed by atoms with E-state index in [9.17, 15) is 9.18 Å². The number of rotatable bonds is 6. The van der Waals surface area contributed by atoms with Crippen molar-refractivity contribution in [3.63, 3.8) is 0 Å². The van der Waals surface area contributed by atoms with Gasteiger partial charge in [-0.15, -0.1) is 0 Å². The third-order valence-corrected chi connectivity index (χ3v) is 4.85. The van der Waals surface area contributed by atoms with Gasteiger partial charge in [0.25, 0.3) is 5.91 Å². The summed E-state index contributed by atoms with van der Waals surface area (Å²) < 4.78 is 24.4. The quantitative estimate of drug-likeness (QED) is 0.749. The molecular formula is C21H22FN3O3. The van der Waals surface area contributed by atoms with E-state index in [1.807, 2.05) is 31.3 Å². The number of hydrogen-bond donors (Lipinski definition) is 2. The molecule has 2 aromatic rings. The predicted molar refractivity (Wildman–Crippen MR) is 107 cm³/mol. The molecule has 2 heterocycles. The highest BCUT2D eigenvalue weighted by Gasteiger charge is 2.24. The van der Waals surface area contributed by atoms with Crippen LogP contribution in [0.5, 0.6) is 0 Å². The molecule has 2 aliphatic heterocycles. The van der Waals surface area contributed by atoms with Crippen LogP contribution in [0.3, 0.4) is 0 Å². The summed E-state index contributed by atoms with van der Waals surface area (Å²) in [5, 5.41) is 5.85. The van der Waals surface area contributed by atoms with Gasteiger partial charge in [-0.05, 0) is 42.5 Å². The van der Waals surface area contributed by atoms with Crippen molar-refractivity contribution in [1.82, 2.24) is 0 Å². The van der Waals surface area contributed by atoms with E-state index in [-0.39, 0.29) is 18.0 Å². The molecule has 1 fully saturated rings. The SMILES string of the molecule is CN(CCC1OCCO1)c1ccc(N/C=C2/C(=O)Nc3ccc(F)cc32)cc1. The molecule has 28 heavy (non-hydrogen) atoms. The van der Waals surface area contributed by atoms with Gasteiger partial charge < -0.3 is 25.0 Å². The van der Waals surface area contributed by atoms with Gasteiger partial charge >= 0.3 is 0 Å². The maximum atomic E-state index is 13.5. The second kappa shape index (κ2) is 8.00. The highest BCUT2D eigenvalue weighted by atomic mass is 19.1. The fraction of sp³-hybridized carbons (Fsp3) is 0.286. The molecule has 0 aliphatic carbocycles. The maximum Gasteiger partial charge on any atom is 0.257 e. The van der Waals surface area contributed by atoms with Gasteiger partial charge in [0.1, 0.15) is 5.82 Å². The number of carbonyl (C=O) groups is 1. The second-order valence-electron chi connectivity index (χ2n) is 6.77. The molecule has 0 radical (unpaired) electrons. The number of fused-ring (bicyclic) bond motifs is 1. The van der Waals surface area contributed by atoms with Crippen LogP contribution < -0.4 is 15.5 Å². The Hall–Kier alpha value is -2.90. The minimum atomic E-state index is -0.373. The van der Waals surface area contributed by atoms with Crippen molar-refractivity contribution in [3.8, 4) is 0 Å². The van der Waals surface area contributed by atoms with E-state index in [2.05, 4.69) is 15.5 Å². The summed E-state index contributed by atoms with van der Waals surface area (Å²) in [5.41, 5.74) is 3.50. The lowest BCUT2D eigenvalue weighted by Gasteiger charge is -2.21. The third-order valence-electron chi connectivity index (χ3n) is 4.85. The fourth-order valence-electron chi connectivity index (χ4n) is 3.27. The summed E-state index contributed by atoms with van der Waals surface area (Å²) in [6.07, 6.45) is 2.31. The van der Waals surface area contributed by atoms with Crippen LogP contribution in [-0.4, -0.2) is 39.0 Å². The van der Waals surface area contributed by atoms with Gasteiger partial charge in [0.15, 0.2) is 6.29 Å². The van der Waals surface area contributed by atoms with E-state index >= 15 is 0 Å². The Morgan fingerprint density at radius 1 is 1.21 bits per heavy atom. The van der Waals surface area contributed by atoms with Gasteiger partial charge in [0.2, 0.25) is 0 Å². The van der Waals surface area contributed by atoms with Gasteiger partial charge in [-0.2, -0.15) is 0 Å². The number of nitrogens with one attached hydrogen (secondary N) is 2. The van der Waals surface area contributed by atoms with E-state index in [1.165, 1.54) is 12.1 Å². The highest BCUT2D eigenvalue weighted by Crippen LogP contribution is 2.32. The smallest absolute Gasteiger partial charge is 0.257 e. The van der Waals surface area contributed by atoms with Crippen molar-refractivity contribution in [3.05, 3.63) is 60.0 Å². The first-order chi connectivity index (χ1) is 13.6. The van der Waals surface area contributed by atoms with Crippen LogP contribution in [0.1, 0.15) is 12.0 Å². The molecule has 2 N–H and O–H groups in total. The van der Waals surface area contributed by atoms with E-state index < -0.39 is 0 Å². The molecule has 0 spiro atoms. The van der Waals surface area contributed by atoms with Crippen molar-refractivity contribution in [2.45, 2.75) is 12.7 Å². The number of hydrogen-bond acceptors (Lipinski definition) is 5. The number of nitrogens with zero attached hydrogens (tertiary/aromatic N) is 1. The minimum absolute atomic E-state index is 0.111. The van der Waals surface area contributed by atoms with E-state index in [1.54, 1.807) is 12.3 Å². The Morgan fingerprint density at radius 2 is 1.96 bits per heavy atom. The van der Waals surface area contributed by atoms with Crippen molar-refractivity contribution in [2.75, 3.05) is 42.3 Å². The normalized spacial score (nSPS) is 17.6. The molecule has 2 aliphatic rings. The summed E-state index contributed by atoms with van der Waals surface area (Å²) >= 11 is 0. The summed E-state index contributed by atoms with van der Waals surface area (Å²) in [6, 6.07) is 12.1. The Balaban J connectivity index is 1.39. The summed E-state index contributed by atoms with van der Waals surface area (Å²) in [7, 11) is 2.02. The first-order valence-corrected chi connectivity index (χ1v) is 9.22. The van der Waals surface area contributed by atoms with Gasteiger partial charge in [-0.25, -0.2) is 4.39 Å². The van der Waals surface area contributed by atoms with Crippen LogP contribution in [0, 0.1) is 5.82 Å². The second-order valence-corrected chi connectivity index (χ2v) is 6.77. The van der Waals surface area contributed by atoms with Crippen molar-refractivity contribution in [2.24, 2.45) is 0 Å². The van der Waals surface area contributed by atoms with Crippen molar-refractivity contribution >= 4 is 28.5 Å². The monoisotopic (exact) mass is 383 g/mol. The third kappa shape index (κ3) is 4.00. The maximum absolute atomic E-state index is 13.5. The molecule has 1 amide bonds. The van der Waals surface area contributed by atoms with Crippen molar-refractivity contribution < 1.29 is 18.7 Å². The number of ether oxygens (including phenoxy) is 2. The van der Waals surface area contributed by atoms with Crippen LogP contribution >= 0.6 is 0 Å². The number of benzene rings is 2. The highest BCUT2D eigenvalue weighted by molar-refractivity contribution is 6.31. The fourth-order valence-corrected chi connectivity index (χ4v) is 3.27. The molecule has 1 saturated heterocycles. The summed E-state index contributed by atoms with van der Waals surface area (Å²) in [5.74, 6) is -0.622. The molecule has 0 bridgehead atoms. The topological polar surface area (TPSA) is 62.8 Å². The molecule has 0 saturated carbocycles. The van der Waals surface area contributed by atoms with Gasteiger partial charge in [-0.1, -0.05) is 0 Å². The molecule has 146 valence electrons. The van der Waals surface area contributed by atoms with Crippen LogP contribution in [-0.2, 0) is 14.3 Å². The standard InChI is InChI=1S/C21H22FN3O3/c1-25(9-8-20-27-10-11-28-20)16-5-3-15(4-6-16)23-13-18-17-12-14(22)2-7-19(17)24-21(18)26/h2-7,12-13,20,23H,8-11H2,1H3,(H,24,26)/b18-13+. The molecule has 6 nitrogen and oxygen atoms in total. The molecule has 0 atom stereocenters. The summed E-state index contributed by atoms with van der Waals surface area (Å²) in [6.45, 7) is 2.16. The van der Waals surface area contributed by atoms with E-state index in [4.69, 9.17) is 9.47 Å². The average molecular weight is 383 g/mol. The first kappa shape index (κ1) is 18.5. The molecule has 0 unspecified atom stereocenters. The average Bonchev–Trinajstić information content (AvgIpc) is 3.32. The minimum Gasteiger partial charge on any atom is -0.374 e. The number of halogens is 1. The van der Waals surface area contributed by atoms with E-state index in [0.29, 0.717) is 30.0 Å². The van der Waals surface area contributed by atoms with Crippen molar-refractivity contribution in [1.29, 1.82) is 0 Å². The first-order valence-electron chi connectivity index (χ1n) is 9.22. The van der Waals surface area contributed by atoms with Crippen LogP contribution in [0.15, 0.2) is 48.7 Å².